The maximum absolute atomic E-state index is 12.4. The monoisotopic (exact) mass is 475 g/mol. The van der Waals surface area contributed by atoms with Crippen molar-refractivity contribution in [2.75, 3.05) is 5.32 Å². The molecular formula is C26H22ClN3O4. The molecule has 3 aromatic carbocycles. The van der Waals surface area contributed by atoms with Crippen LogP contribution in [-0.4, -0.2) is 15.8 Å². The van der Waals surface area contributed by atoms with E-state index in [4.69, 9.17) is 16.0 Å². The number of nitro groups is 1. The number of carbonyl (C=O) groups excluding carboxylic acids is 1. The number of benzene rings is 3. The van der Waals surface area contributed by atoms with Gasteiger partial charge in [-0.15, -0.1) is 0 Å². The molecule has 1 atom stereocenters. The highest BCUT2D eigenvalue weighted by atomic mass is 35.5. The van der Waals surface area contributed by atoms with Crippen LogP contribution in [0.15, 0.2) is 71.2 Å². The first-order chi connectivity index (χ1) is 16.3. The number of amides is 1. The van der Waals surface area contributed by atoms with E-state index in [1.807, 2.05) is 18.2 Å². The molecule has 0 spiro atoms. The second-order valence-electron chi connectivity index (χ2n) is 7.93. The summed E-state index contributed by atoms with van der Waals surface area (Å²) >= 11 is 5.82. The van der Waals surface area contributed by atoms with Crippen LogP contribution in [0.3, 0.4) is 0 Å². The van der Waals surface area contributed by atoms with Crippen LogP contribution in [-0.2, 0) is 4.79 Å². The quantitative estimate of drug-likeness (QED) is 0.173. The maximum Gasteiger partial charge on any atom is 0.288 e. The lowest BCUT2D eigenvalue weighted by molar-refractivity contribution is -0.384. The highest BCUT2D eigenvalue weighted by Crippen LogP contribution is 2.29. The van der Waals surface area contributed by atoms with E-state index in [0.29, 0.717) is 28.6 Å². The number of carbonyl (C=O) groups is 1. The van der Waals surface area contributed by atoms with Gasteiger partial charge in [-0.1, -0.05) is 43.6 Å². The molecule has 0 unspecified atom stereocenters. The van der Waals surface area contributed by atoms with Crippen molar-refractivity contribution in [3.63, 3.8) is 0 Å². The molecule has 172 valence electrons. The van der Waals surface area contributed by atoms with Gasteiger partial charge in [0.15, 0.2) is 5.58 Å². The van der Waals surface area contributed by atoms with Crippen LogP contribution >= 0.6 is 11.6 Å². The number of nitrogens with zero attached hydrogens (tertiary/aromatic N) is 2. The molecule has 1 amide bonds. The Hall–Kier alpha value is -3.97. The minimum Gasteiger partial charge on any atom is -0.436 e. The van der Waals surface area contributed by atoms with Gasteiger partial charge in [-0.05, 0) is 65.9 Å². The average Bonchev–Trinajstić information content (AvgIpc) is 3.26. The molecule has 0 bridgehead atoms. The number of nitro benzene ring substituents is 1. The van der Waals surface area contributed by atoms with Crippen LogP contribution in [0.5, 0.6) is 0 Å². The third kappa shape index (κ3) is 5.15. The molecule has 0 aliphatic carbocycles. The third-order valence-corrected chi connectivity index (χ3v) is 5.88. The van der Waals surface area contributed by atoms with Crippen molar-refractivity contribution >= 4 is 46.1 Å². The van der Waals surface area contributed by atoms with E-state index in [1.165, 1.54) is 29.8 Å². The number of hydrogen-bond acceptors (Lipinski definition) is 5. The van der Waals surface area contributed by atoms with Gasteiger partial charge in [-0.25, -0.2) is 4.98 Å². The summed E-state index contributed by atoms with van der Waals surface area (Å²) in [6, 6.07) is 17.6. The molecule has 0 fully saturated rings. The number of anilines is 1. The first-order valence-corrected chi connectivity index (χ1v) is 11.2. The number of rotatable bonds is 7. The lowest BCUT2D eigenvalue weighted by Crippen LogP contribution is -2.07. The highest BCUT2D eigenvalue weighted by Gasteiger charge is 2.13. The van der Waals surface area contributed by atoms with Crippen LogP contribution in [0.1, 0.15) is 37.3 Å². The van der Waals surface area contributed by atoms with Gasteiger partial charge in [-0.2, -0.15) is 0 Å². The topological polar surface area (TPSA) is 98.3 Å². The first-order valence-electron chi connectivity index (χ1n) is 10.8. The van der Waals surface area contributed by atoms with Crippen LogP contribution in [0.4, 0.5) is 11.4 Å². The summed E-state index contributed by atoms with van der Waals surface area (Å²) < 4.78 is 5.92. The van der Waals surface area contributed by atoms with Gasteiger partial charge >= 0.3 is 0 Å². The molecule has 34 heavy (non-hydrogen) atoms. The molecule has 0 radical (unpaired) electrons. The Balaban J connectivity index is 1.50. The Morgan fingerprint density at radius 2 is 2.03 bits per heavy atom. The molecule has 8 heteroatoms. The summed E-state index contributed by atoms with van der Waals surface area (Å²) in [6.45, 7) is 4.33. The lowest BCUT2D eigenvalue weighted by atomic mass is 9.98. The largest absolute Gasteiger partial charge is 0.436 e. The van der Waals surface area contributed by atoms with E-state index >= 15 is 0 Å². The van der Waals surface area contributed by atoms with Crippen molar-refractivity contribution in [1.82, 2.24) is 4.98 Å². The fourth-order valence-electron chi connectivity index (χ4n) is 3.47. The number of fused-ring (bicyclic) bond motifs is 1. The number of hydrogen-bond donors (Lipinski definition) is 1. The van der Waals surface area contributed by atoms with Gasteiger partial charge < -0.3 is 9.73 Å². The standard InChI is InChI=1S/C26H22ClN3O4/c1-3-16(2)18-9-11-24-22(15-18)29-26(34-24)19-5-4-6-20(14-19)28-25(31)12-8-17-7-10-21(27)23(13-17)30(32)33/h4-16H,3H2,1-2H3,(H,28,31)/b12-8+/t16-/m0/s1. The summed E-state index contributed by atoms with van der Waals surface area (Å²) in [5.74, 6) is 0.525. The number of aromatic nitrogens is 1. The SMILES string of the molecule is CC[C@H](C)c1ccc2oc(-c3cccc(NC(=O)/C=C/c4ccc(Cl)c([N+](=O)[O-])c4)c3)nc2c1. The Kier molecular flexibility index (Phi) is 6.75. The van der Waals surface area contributed by atoms with Crippen molar-refractivity contribution < 1.29 is 14.1 Å². The van der Waals surface area contributed by atoms with Crippen molar-refractivity contribution in [3.8, 4) is 11.5 Å². The van der Waals surface area contributed by atoms with Gasteiger partial charge in [0.2, 0.25) is 11.8 Å². The van der Waals surface area contributed by atoms with E-state index in [0.717, 1.165) is 17.5 Å². The Labute approximate surface area is 201 Å². The first kappa shape index (κ1) is 23.2. The number of halogens is 1. The van der Waals surface area contributed by atoms with E-state index in [1.54, 1.807) is 24.3 Å². The summed E-state index contributed by atoms with van der Waals surface area (Å²) in [5.41, 5.74) is 4.29. The van der Waals surface area contributed by atoms with Crippen LogP contribution in [0.2, 0.25) is 5.02 Å². The molecule has 1 heterocycles. The molecule has 1 aromatic heterocycles. The number of nitrogens with one attached hydrogen (secondary N) is 1. The summed E-state index contributed by atoms with van der Waals surface area (Å²) in [5, 5.41) is 13.8. The zero-order valence-corrected chi connectivity index (χ0v) is 19.4. The van der Waals surface area contributed by atoms with Gasteiger partial charge in [0, 0.05) is 23.4 Å². The smallest absolute Gasteiger partial charge is 0.288 e. The molecule has 4 aromatic rings. The molecule has 0 saturated heterocycles. The molecule has 0 aliphatic rings. The van der Waals surface area contributed by atoms with Gasteiger partial charge in [0.25, 0.3) is 5.69 Å². The second kappa shape index (κ2) is 9.89. The molecule has 0 aliphatic heterocycles. The van der Waals surface area contributed by atoms with Gasteiger partial charge in [0.05, 0.1) is 4.92 Å². The molecular weight excluding hydrogens is 454 g/mol. The minimum atomic E-state index is -0.567. The maximum atomic E-state index is 12.4. The van der Waals surface area contributed by atoms with Crippen LogP contribution < -0.4 is 5.32 Å². The van der Waals surface area contributed by atoms with Crippen molar-refractivity contribution in [1.29, 1.82) is 0 Å². The summed E-state index contributed by atoms with van der Waals surface area (Å²) in [4.78, 5) is 27.5. The van der Waals surface area contributed by atoms with E-state index in [-0.39, 0.29) is 16.6 Å². The predicted molar refractivity (Wildman–Crippen MR) is 134 cm³/mol. The second-order valence-corrected chi connectivity index (χ2v) is 8.33. The van der Waals surface area contributed by atoms with Crippen LogP contribution in [0.25, 0.3) is 28.6 Å². The molecule has 1 N–H and O–H groups in total. The average molecular weight is 476 g/mol. The minimum absolute atomic E-state index is 0.0405. The van der Waals surface area contributed by atoms with E-state index < -0.39 is 4.92 Å². The normalized spacial score (nSPS) is 12.2. The number of oxazole rings is 1. The highest BCUT2D eigenvalue weighted by molar-refractivity contribution is 6.32. The van der Waals surface area contributed by atoms with Crippen LogP contribution in [0, 0.1) is 10.1 Å². The predicted octanol–water partition coefficient (Wildman–Crippen LogP) is 7.22. The van der Waals surface area contributed by atoms with Crippen molar-refractivity contribution in [2.24, 2.45) is 0 Å². The van der Waals surface area contributed by atoms with Crippen molar-refractivity contribution in [3.05, 3.63) is 93.0 Å². The van der Waals surface area contributed by atoms with Crippen molar-refractivity contribution in [2.45, 2.75) is 26.2 Å². The van der Waals surface area contributed by atoms with E-state index in [9.17, 15) is 14.9 Å². The van der Waals surface area contributed by atoms with E-state index in [2.05, 4.69) is 30.2 Å². The fraction of sp³-hybridized carbons (Fsp3) is 0.154. The summed E-state index contributed by atoms with van der Waals surface area (Å²) in [7, 11) is 0. The summed E-state index contributed by atoms with van der Waals surface area (Å²) in [6.07, 6.45) is 3.83. The molecule has 0 saturated carbocycles. The third-order valence-electron chi connectivity index (χ3n) is 5.56. The Morgan fingerprint density at radius 3 is 2.79 bits per heavy atom. The fourth-order valence-corrected chi connectivity index (χ4v) is 3.66. The van der Waals surface area contributed by atoms with Gasteiger partial charge in [-0.3, -0.25) is 14.9 Å². The molecule has 4 rings (SSSR count). The Bertz CT molecular complexity index is 1410. The Morgan fingerprint density at radius 1 is 1.21 bits per heavy atom. The molecule has 7 nitrogen and oxygen atoms in total. The zero-order chi connectivity index (χ0) is 24.2. The lowest BCUT2D eigenvalue weighted by Gasteiger charge is -2.07. The zero-order valence-electron chi connectivity index (χ0n) is 18.6. The van der Waals surface area contributed by atoms with Gasteiger partial charge in [0.1, 0.15) is 10.5 Å².